The van der Waals surface area contributed by atoms with E-state index in [-0.39, 0.29) is 18.4 Å². The number of hydrogen-bond acceptors (Lipinski definition) is 3. The lowest BCUT2D eigenvalue weighted by Crippen LogP contribution is -2.50. The van der Waals surface area contributed by atoms with Gasteiger partial charge in [0.15, 0.2) is 0 Å². The molecule has 0 spiro atoms. The van der Waals surface area contributed by atoms with Gasteiger partial charge in [-0.25, -0.2) is 0 Å². The molecular formula is C9H15N3O3. The third kappa shape index (κ3) is 2.08. The van der Waals surface area contributed by atoms with Crippen LogP contribution in [0.3, 0.4) is 0 Å². The summed E-state index contributed by atoms with van der Waals surface area (Å²) in [6.07, 6.45) is 1.78. The molecule has 1 rings (SSSR count). The van der Waals surface area contributed by atoms with Gasteiger partial charge < -0.3 is 15.5 Å². The molecule has 0 unspecified atom stereocenters. The predicted molar refractivity (Wildman–Crippen MR) is 52.9 cm³/mol. The highest BCUT2D eigenvalue weighted by Crippen LogP contribution is 2.40. The fourth-order valence-corrected chi connectivity index (χ4v) is 1.52. The van der Waals surface area contributed by atoms with Crippen LogP contribution in [0.1, 0.15) is 12.8 Å². The summed E-state index contributed by atoms with van der Waals surface area (Å²) < 4.78 is 0. The van der Waals surface area contributed by atoms with Crippen molar-refractivity contribution in [2.45, 2.75) is 18.4 Å². The molecule has 3 amide bonds. The van der Waals surface area contributed by atoms with Crippen LogP contribution >= 0.6 is 0 Å². The van der Waals surface area contributed by atoms with Crippen molar-refractivity contribution in [3.05, 3.63) is 0 Å². The summed E-state index contributed by atoms with van der Waals surface area (Å²) in [5.41, 5.74) is -0.789. The summed E-state index contributed by atoms with van der Waals surface area (Å²) in [5.74, 6) is -0.490. The Morgan fingerprint density at radius 2 is 1.93 bits per heavy atom. The van der Waals surface area contributed by atoms with E-state index >= 15 is 0 Å². The van der Waals surface area contributed by atoms with Crippen LogP contribution in [-0.2, 0) is 14.4 Å². The van der Waals surface area contributed by atoms with Gasteiger partial charge in [-0.15, -0.1) is 0 Å². The summed E-state index contributed by atoms with van der Waals surface area (Å²) in [6, 6.07) is 0. The molecule has 0 aromatic heterocycles. The highest BCUT2D eigenvalue weighted by Gasteiger charge is 2.54. The van der Waals surface area contributed by atoms with Gasteiger partial charge in [-0.05, 0) is 12.8 Å². The molecule has 1 saturated carbocycles. The molecule has 1 fully saturated rings. The minimum absolute atomic E-state index is 0.0760. The van der Waals surface area contributed by atoms with Crippen molar-refractivity contribution in [2.24, 2.45) is 0 Å². The smallest absolute Gasteiger partial charge is 0.245 e. The first-order chi connectivity index (χ1) is 7.10. The predicted octanol–water partition coefficient (Wildman–Crippen LogP) is -1.53. The fraction of sp³-hybridized carbons (Fsp3) is 0.667. The molecule has 6 heteroatoms. The fourth-order valence-electron chi connectivity index (χ4n) is 1.52. The molecule has 0 aromatic rings. The second kappa shape index (κ2) is 4.29. The van der Waals surface area contributed by atoms with E-state index in [1.165, 1.54) is 19.0 Å². The molecule has 0 saturated heterocycles. The third-order valence-corrected chi connectivity index (χ3v) is 2.64. The van der Waals surface area contributed by atoms with Gasteiger partial charge in [-0.2, -0.15) is 0 Å². The van der Waals surface area contributed by atoms with Gasteiger partial charge in [0.25, 0.3) is 0 Å². The standard InChI is InChI=1S/C9H15N3O3/c1-10-7(14)5-12(6-13)9(3-4-9)8(15)11-2/h6H,3-5H2,1-2H3,(H,10,14)(H,11,15). The minimum atomic E-state index is -0.789. The average Bonchev–Trinajstić information content (AvgIpc) is 3.05. The Morgan fingerprint density at radius 1 is 1.33 bits per heavy atom. The van der Waals surface area contributed by atoms with E-state index in [0.29, 0.717) is 19.3 Å². The quantitative estimate of drug-likeness (QED) is 0.544. The Hall–Kier alpha value is -1.59. The number of carbonyl (C=O) groups is 3. The van der Waals surface area contributed by atoms with Crippen LogP contribution in [0.5, 0.6) is 0 Å². The largest absolute Gasteiger partial charge is 0.358 e. The molecule has 1 aliphatic rings. The first-order valence-electron chi connectivity index (χ1n) is 4.75. The molecule has 6 nitrogen and oxygen atoms in total. The van der Waals surface area contributed by atoms with Crippen LogP contribution in [0.2, 0.25) is 0 Å². The van der Waals surface area contributed by atoms with E-state index in [9.17, 15) is 14.4 Å². The van der Waals surface area contributed by atoms with Gasteiger partial charge in [0.2, 0.25) is 18.2 Å². The molecule has 0 heterocycles. The summed E-state index contributed by atoms with van der Waals surface area (Å²) >= 11 is 0. The van der Waals surface area contributed by atoms with E-state index in [1.807, 2.05) is 0 Å². The molecule has 0 aliphatic heterocycles. The highest BCUT2D eigenvalue weighted by atomic mass is 16.2. The Balaban J connectivity index is 2.70. The average molecular weight is 213 g/mol. The van der Waals surface area contributed by atoms with Crippen molar-refractivity contribution in [2.75, 3.05) is 20.6 Å². The zero-order valence-electron chi connectivity index (χ0n) is 8.87. The van der Waals surface area contributed by atoms with Gasteiger partial charge in [0, 0.05) is 14.1 Å². The van der Waals surface area contributed by atoms with E-state index < -0.39 is 5.54 Å². The summed E-state index contributed by atoms with van der Waals surface area (Å²) in [4.78, 5) is 34.7. The van der Waals surface area contributed by atoms with Gasteiger partial charge in [-0.1, -0.05) is 0 Å². The number of nitrogens with zero attached hydrogens (tertiary/aromatic N) is 1. The van der Waals surface area contributed by atoms with Crippen molar-refractivity contribution >= 4 is 18.2 Å². The number of hydrogen-bond donors (Lipinski definition) is 2. The van der Waals surface area contributed by atoms with Crippen molar-refractivity contribution < 1.29 is 14.4 Å². The van der Waals surface area contributed by atoms with Gasteiger partial charge in [0.1, 0.15) is 12.1 Å². The molecule has 2 N–H and O–H groups in total. The van der Waals surface area contributed by atoms with Crippen molar-refractivity contribution in [1.29, 1.82) is 0 Å². The van der Waals surface area contributed by atoms with Crippen LogP contribution < -0.4 is 10.6 Å². The topological polar surface area (TPSA) is 78.5 Å². The Labute approximate surface area is 88.0 Å². The lowest BCUT2D eigenvalue weighted by molar-refractivity contribution is -0.137. The normalized spacial score (nSPS) is 16.4. The van der Waals surface area contributed by atoms with E-state index in [4.69, 9.17) is 0 Å². The Morgan fingerprint density at radius 3 is 2.27 bits per heavy atom. The number of carbonyl (C=O) groups excluding carboxylic acids is 3. The van der Waals surface area contributed by atoms with E-state index in [2.05, 4.69) is 10.6 Å². The molecule has 84 valence electrons. The zero-order valence-corrected chi connectivity index (χ0v) is 8.87. The summed E-state index contributed by atoms with van der Waals surface area (Å²) in [5, 5.41) is 4.92. The minimum Gasteiger partial charge on any atom is -0.358 e. The van der Waals surface area contributed by atoms with Crippen LogP contribution in [-0.4, -0.2) is 49.3 Å². The van der Waals surface area contributed by atoms with E-state index in [0.717, 1.165) is 0 Å². The first kappa shape index (κ1) is 11.5. The van der Waals surface area contributed by atoms with Crippen LogP contribution in [0.4, 0.5) is 0 Å². The first-order valence-corrected chi connectivity index (χ1v) is 4.75. The Bertz CT molecular complexity index is 286. The second-order valence-electron chi connectivity index (χ2n) is 3.52. The van der Waals surface area contributed by atoms with Crippen molar-refractivity contribution in [3.63, 3.8) is 0 Å². The zero-order chi connectivity index (χ0) is 11.5. The molecule has 0 radical (unpaired) electrons. The number of likely N-dealkylation sites (N-methyl/N-ethyl adjacent to an activating group) is 2. The van der Waals surface area contributed by atoms with Gasteiger partial charge >= 0.3 is 0 Å². The number of nitrogens with one attached hydrogen (secondary N) is 2. The maximum Gasteiger partial charge on any atom is 0.245 e. The SMILES string of the molecule is CNC(=O)CN(C=O)C1(C(=O)NC)CC1. The molecule has 15 heavy (non-hydrogen) atoms. The van der Waals surface area contributed by atoms with Crippen LogP contribution in [0, 0.1) is 0 Å². The highest BCUT2D eigenvalue weighted by molar-refractivity contribution is 5.92. The molecule has 0 atom stereocenters. The summed E-state index contributed by atoms with van der Waals surface area (Å²) in [6.45, 7) is -0.0760. The maximum atomic E-state index is 11.5. The van der Waals surface area contributed by atoms with Crippen LogP contribution in [0.25, 0.3) is 0 Å². The van der Waals surface area contributed by atoms with Crippen molar-refractivity contribution in [3.8, 4) is 0 Å². The monoisotopic (exact) mass is 213 g/mol. The molecule has 0 bridgehead atoms. The number of amides is 3. The van der Waals surface area contributed by atoms with Gasteiger partial charge in [0.05, 0.1) is 0 Å². The molecular weight excluding hydrogens is 198 g/mol. The Kier molecular flexibility index (Phi) is 3.28. The van der Waals surface area contributed by atoms with Crippen LogP contribution in [0.15, 0.2) is 0 Å². The van der Waals surface area contributed by atoms with Crippen molar-refractivity contribution in [1.82, 2.24) is 15.5 Å². The molecule has 0 aromatic carbocycles. The second-order valence-corrected chi connectivity index (χ2v) is 3.52. The lowest BCUT2D eigenvalue weighted by Gasteiger charge is -2.25. The van der Waals surface area contributed by atoms with Gasteiger partial charge in [-0.3, -0.25) is 14.4 Å². The van der Waals surface area contributed by atoms with E-state index in [1.54, 1.807) is 0 Å². The number of rotatable bonds is 5. The summed E-state index contributed by atoms with van der Waals surface area (Å²) in [7, 11) is 3.01. The maximum absolute atomic E-state index is 11.5. The third-order valence-electron chi connectivity index (χ3n) is 2.64. The lowest BCUT2D eigenvalue weighted by atomic mass is 10.2. The molecule has 1 aliphatic carbocycles.